The van der Waals surface area contributed by atoms with Gasteiger partial charge in [0.1, 0.15) is 5.75 Å². The molecule has 0 spiro atoms. The lowest BCUT2D eigenvalue weighted by Gasteiger charge is -2.24. The smallest absolute Gasteiger partial charge is 0.266 e. The lowest BCUT2D eigenvalue weighted by atomic mass is 9.85. The summed E-state index contributed by atoms with van der Waals surface area (Å²) in [6, 6.07) is 14.6. The maximum Gasteiger partial charge on any atom is 0.266 e. The van der Waals surface area contributed by atoms with Crippen LogP contribution in [0.25, 0.3) is 0 Å². The number of benzene rings is 2. The first kappa shape index (κ1) is 18.3. The van der Waals surface area contributed by atoms with Crippen molar-refractivity contribution in [2.75, 3.05) is 10.6 Å². The van der Waals surface area contributed by atoms with Crippen LogP contribution in [0.5, 0.6) is 5.75 Å². The molecule has 4 rings (SSSR count). The maximum atomic E-state index is 12.9. The molecule has 142 valence electrons. The van der Waals surface area contributed by atoms with Crippen molar-refractivity contribution < 1.29 is 14.7 Å². The summed E-state index contributed by atoms with van der Waals surface area (Å²) in [5, 5.41) is 16.4. The molecular weight excluding hydrogens is 372 g/mol. The Hall–Kier alpha value is -3.12. The number of hydrogen-bond acceptors (Lipinski definition) is 4. The molecule has 2 heterocycles. The van der Waals surface area contributed by atoms with Gasteiger partial charge in [-0.2, -0.15) is 0 Å². The van der Waals surface area contributed by atoms with Gasteiger partial charge in [-0.3, -0.25) is 9.59 Å². The van der Waals surface area contributed by atoms with Crippen molar-refractivity contribution in [3.8, 4) is 5.75 Å². The number of aryl methyl sites for hydroxylation is 1. The molecule has 1 aliphatic rings. The van der Waals surface area contributed by atoms with E-state index in [1.807, 2.05) is 44.2 Å². The molecule has 0 bridgehead atoms. The Labute approximate surface area is 167 Å². The number of phenolic OH excluding ortho intramolecular Hbond substituents is 1. The summed E-state index contributed by atoms with van der Waals surface area (Å²) < 4.78 is 0. The molecule has 5 nitrogen and oxygen atoms in total. The van der Waals surface area contributed by atoms with Gasteiger partial charge in [0.15, 0.2) is 0 Å². The zero-order chi connectivity index (χ0) is 19.8. The summed E-state index contributed by atoms with van der Waals surface area (Å²) in [7, 11) is 0. The molecule has 3 aromatic rings. The van der Waals surface area contributed by atoms with Crippen LogP contribution in [0.1, 0.15) is 44.3 Å². The number of anilines is 2. The fourth-order valence-electron chi connectivity index (χ4n) is 3.57. The fraction of sp³-hybridized carbons (Fsp3) is 0.182. The molecule has 2 aromatic carbocycles. The van der Waals surface area contributed by atoms with Crippen molar-refractivity contribution in [2.24, 2.45) is 0 Å². The van der Waals surface area contributed by atoms with Crippen LogP contribution in [-0.2, 0) is 4.79 Å². The van der Waals surface area contributed by atoms with Gasteiger partial charge in [-0.05, 0) is 54.8 Å². The minimum absolute atomic E-state index is 0.0902. The average Bonchev–Trinajstić information content (AvgIpc) is 2.99. The monoisotopic (exact) mass is 392 g/mol. The lowest BCUT2D eigenvalue weighted by molar-refractivity contribution is -0.116. The van der Waals surface area contributed by atoms with Crippen molar-refractivity contribution >= 4 is 33.8 Å². The number of carbonyl (C=O) groups is 2. The highest BCUT2D eigenvalue weighted by molar-refractivity contribution is 7.18. The summed E-state index contributed by atoms with van der Waals surface area (Å²) in [6.07, 6.45) is 0.285. The van der Waals surface area contributed by atoms with Gasteiger partial charge in [-0.1, -0.05) is 29.8 Å². The first-order valence-corrected chi connectivity index (χ1v) is 9.84. The van der Waals surface area contributed by atoms with Gasteiger partial charge < -0.3 is 15.7 Å². The standard InChI is InChI=1S/C22H20N2O3S/c1-12-6-8-15(9-7-12)23-21(27)20-13(2)19-17(11-18(26)24-22(19)28-20)14-4-3-5-16(25)10-14/h3-10,17,25H,11H2,1-2H3,(H,23,27)(H,24,26)/t17-/m0/s1. The quantitative estimate of drug-likeness (QED) is 0.599. The van der Waals surface area contributed by atoms with Crippen molar-refractivity contribution in [3.05, 3.63) is 75.7 Å². The zero-order valence-electron chi connectivity index (χ0n) is 15.6. The molecule has 2 amide bonds. The van der Waals surface area contributed by atoms with E-state index in [1.165, 1.54) is 11.3 Å². The highest BCUT2D eigenvalue weighted by Crippen LogP contribution is 2.45. The minimum Gasteiger partial charge on any atom is -0.508 e. The van der Waals surface area contributed by atoms with Gasteiger partial charge >= 0.3 is 0 Å². The third-order valence-electron chi connectivity index (χ3n) is 4.97. The Morgan fingerprint density at radius 1 is 1.18 bits per heavy atom. The summed E-state index contributed by atoms with van der Waals surface area (Å²) in [6.45, 7) is 3.90. The SMILES string of the molecule is Cc1ccc(NC(=O)c2sc3c(c2C)[C@H](c2cccc(O)c2)CC(=O)N3)cc1. The Morgan fingerprint density at radius 2 is 1.93 bits per heavy atom. The molecule has 28 heavy (non-hydrogen) atoms. The number of nitrogens with one attached hydrogen (secondary N) is 2. The van der Waals surface area contributed by atoms with Crippen LogP contribution in [0.3, 0.4) is 0 Å². The van der Waals surface area contributed by atoms with Crippen LogP contribution in [-0.4, -0.2) is 16.9 Å². The molecular formula is C22H20N2O3S. The predicted molar refractivity (Wildman–Crippen MR) is 111 cm³/mol. The second-order valence-electron chi connectivity index (χ2n) is 7.02. The van der Waals surface area contributed by atoms with Crippen molar-refractivity contribution in [1.29, 1.82) is 0 Å². The van der Waals surface area contributed by atoms with Crippen molar-refractivity contribution in [3.63, 3.8) is 0 Å². The van der Waals surface area contributed by atoms with Crippen LogP contribution in [0.4, 0.5) is 10.7 Å². The van der Waals surface area contributed by atoms with Crippen LogP contribution >= 0.6 is 11.3 Å². The van der Waals surface area contributed by atoms with E-state index < -0.39 is 0 Å². The molecule has 0 fully saturated rings. The van der Waals surface area contributed by atoms with E-state index in [-0.39, 0.29) is 29.9 Å². The van der Waals surface area contributed by atoms with E-state index in [0.717, 1.165) is 27.9 Å². The van der Waals surface area contributed by atoms with Crippen LogP contribution in [0.2, 0.25) is 0 Å². The van der Waals surface area contributed by atoms with E-state index in [0.29, 0.717) is 9.88 Å². The van der Waals surface area contributed by atoms with Gasteiger partial charge in [0, 0.05) is 18.0 Å². The van der Waals surface area contributed by atoms with Gasteiger partial charge in [0.05, 0.1) is 9.88 Å². The number of aromatic hydroxyl groups is 1. The van der Waals surface area contributed by atoms with Gasteiger partial charge in [-0.25, -0.2) is 0 Å². The molecule has 0 saturated carbocycles. The third-order valence-corrected chi connectivity index (χ3v) is 6.19. The van der Waals surface area contributed by atoms with Gasteiger partial charge in [-0.15, -0.1) is 11.3 Å². The number of thiophene rings is 1. The second kappa shape index (κ2) is 7.13. The zero-order valence-corrected chi connectivity index (χ0v) is 16.4. The first-order valence-electron chi connectivity index (χ1n) is 9.02. The molecule has 1 aromatic heterocycles. The van der Waals surface area contributed by atoms with E-state index in [1.54, 1.807) is 18.2 Å². The summed E-state index contributed by atoms with van der Waals surface area (Å²) in [5.74, 6) is -0.305. The highest BCUT2D eigenvalue weighted by Gasteiger charge is 2.33. The Balaban J connectivity index is 1.70. The van der Waals surface area contributed by atoms with E-state index in [4.69, 9.17) is 0 Å². The summed E-state index contributed by atoms with van der Waals surface area (Å²) >= 11 is 1.29. The van der Waals surface area contributed by atoms with E-state index >= 15 is 0 Å². The molecule has 0 radical (unpaired) electrons. The topological polar surface area (TPSA) is 78.4 Å². The Bertz CT molecular complexity index is 1070. The maximum absolute atomic E-state index is 12.9. The van der Waals surface area contributed by atoms with Gasteiger partial charge in [0.2, 0.25) is 5.91 Å². The average molecular weight is 392 g/mol. The molecule has 0 unspecified atom stereocenters. The van der Waals surface area contributed by atoms with Crippen LogP contribution < -0.4 is 10.6 Å². The molecule has 0 saturated heterocycles. The van der Waals surface area contributed by atoms with Crippen molar-refractivity contribution in [1.82, 2.24) is 0 Å². The summed E-state index contributed by atoms with van der Waals surface area (Å²) in [5.41, 5.74) is 4.53. The molecule has 1 aliphatic heterocycles. The number of rotatable bonds is 3. The number of fused-ring (bicyclic) bond motifs is 1. The van der Waals surface area contributed by atoms with Crippen LogP contribution in [0.15, 0.2) is 48.5 Å². The van der Waals surface area contributed by atoms with E-state index in [2.05, 4.69) is 10.6 Å². The largest absolute Gasteiger partial charge is 0.508 e. The fourth-order valence-corrected chi connectivity index (χ4v) is 4.75. The first-order chi connectivity index (χ1) is 13.4. The third kappa shape index (κ3) is 3.39. The number of amides is 2. The summed E-state index contributed by atoms with van der Waals surface area (Å²) in [4.78, 5) is 25.7. The Morgan fingerprint density at radius 3 is 2.64 bits per heavy atom. The molecule has 6 heteroatoms. The predicted octanol–water partition coefficient (Wildman–Crippen LogP) is 4.80. The highest BCUT2D eigenvalue weighted by atomic mass is 32.1. The minimum atomic E-state index is -0.190. The lowest BCUT2D eigenvalue weighted by Crippen LogP contribution is -2.22. The number of hydrogen-bond donors (Lipinski definition) is 3. The normalized spacial score (nSPS) is 15.6. The van der Waals surface area contributed by atoms with Crippen LogP contribution in [0, 0.1) is 13.8 Å². The number of carbonyl (C=O) groups excluding carboxylic acids is 2. The van der Waals surface area contributed by atoms with Gasteiger partial charge in [0.25, 0.3) is 5.91 Å². The van der Waals surface area contributed by atoms with E-state index in [9.17, 15) is 14.7 Å². The Kier molecular flexibility index (Phi) is 4.65. The molecule has 3 N–H and O–H groups in total. The number of phenols is 1. The molecule has 0 aliphatic carbocycles. The molecule has 1 atom stereocenters. The second-order valence-corrected chi connectivity index (χ2v) is 8.04. The van der Waals surface area contributed by atoms with Crippen molar-refractivity contribution in [2.45, 2.75) is 26.2 Å².